The van der Waals surface area contributed by atoms with E-state index in [9.17, 15) is 14.7 Å². The van der Waals surface area contributed by atoms with Gasteiger partial charge in [0.2, 0.25) is 0 Å². The van der Waals surface area contributed by atoms with E-state index in [4.69, 9.17) is 4.74 Å². The maximum absolute atomic E-state index is 13.2. The average molecular weight is 590 g/mol. The maximum atomic E-state index is 13.2. The van der Waals surface area contributed by atoms with E-state index in [0.717, 1.165) is 96.2 Å². The number of nitrogens with zero attached hydrogens (tertiary/aromatic N) is 3. The molecule has 0 spiro atoms. The highest BCUT2D eigenvalue weighted by atomic mass is 16.6. The molecule has 2 aromatic rings. The molecule has 7 nitrogen and oxygen atoms in total. The Hall–Kier alpha value is -2.90. The zero-order valence-electron chi connectivity index (χ0n) is 26.0. The van der Waals surface area contributed by atoms with Gasteiger partial charge in [-0.2, -0.15) is 0 Å². The number of likely N-dealkylation sites (tertiary alicyclic amines) is 2. The van der Waals surface area contributed by atoms with E-state index in [1.807, 2.05) is 35.2 Å². The normalized spacial score (nSPS) is 23.2. The number of hydrogen-bond acceptors (Lipinski definition) is 5. The van der Waals surface area contributed by atoms with Crippen LogP contribution in [0.4, 0.5) is 4.79 Å². The zero-order valence-corrected chi connectivity index (χ0v) is 26.0. The number of piperidine rings is 1. The van der Waals surface area contributed by atoms with Gasteiger partial charge in [-0.05, 0) is 55.1 Å². The molecule has 1 aliphatic carbocycles. The first-order chi connectivity index (χ1) is 21.0. The molecule has 7 heteroatoms. The van der Waals surface area contributed by atoms with E-state index < -0.39 is 5.97 Å². The van der Waals surface area contributed by atoms with E-state index in [2.05, 4.69) is 47.1 Å². The molecule has 2 saturated heterocycles. The van der Waals surface area contributed by atoms with Gasteiger partial charge in [-0.15, -0.1) is 0 Å². The monoisotopic (exact) mass is 589 g/mol. The van der Waals surface area contributed by atoms with E-state index in [-0.39, 0.29) is 24.1 Å². The van der Waals surface area contributed by atoms with Crippen molar-refractivity contribution < 1.29 is 19.4 Å². The van der Waals surface area contributed by atoms with Gasteiger partial charge in [0.1, 0.15) is 12.6 Å². The van der Waals surface area contributed by atoms with Crippen molar-refractivity contribution in [2.75, 3.05) is 39.3 Å². The third-order valence-electron chi connectivity index (χ3n) is 10.1. The second-order valence-corrected chi connectivity index (χ2v) is 13.0. The number of carbonyl (C=O) groups excluding carboxylic acids is 1. The Labute approximate surface area is 258 Å². The third kappa shape index (κ3) is 8.39. The summed E-state index contributed by atoms with van der Waals surface area (Å²) in [5.41, 5.74) is 2.33. The number of carboxylic acid groups (broad SMARTS) is 1. The quantitative estimate of drug-likeness (QED) is 0.299. The van der Waals surface area contributed by atoms with Gasteiger partial charge >= 0.3 is 12.1 Å². The molecule has 2 aliphatic heterocycles. The second kappa shape index (κ2) is 15.7. The van der Waals surface area contributed by atoms with Crippen molar-refractivity contribution in [1.29, 1.82) is 0 Å². The fourth-order valence-electron chi connectivity index (χ4n) is 7.80. The first kappa shape index (κ1) is 31.5. The van der Waals surface area contributed by atoms with Crippen molar-refractivity contribution in [3.05, 3.63) is 71.8 Å². The van der Waals surface area contributed by atoms with Crippen molar-refractivity contribution >= 4 is 12.1 Å². The van der Waals surface area contributed by atoms with Crippen LogP contribution in [-0.4, -0.2) is 83.2 Å². The van der Waals surface area contributed by atoms with Gasteiger partial charge in [-0.1, -0.05) is 93.3 Å². The molecule has 5 rings (SSSR count). The van der Waals surface area contributed by atoms with Crippen molar-refractivity contribution in [3.63, 3.8) is 0 Å². The van der Waals surface area contributed by atoms with Crippen LogP contribution in [0.2, 0.25) is 0 Å². The van der Waals surface area contributed by atoms with Crippen LogP contribution in [0.5, 0.6) is 0 Å². The van der Waals surface area contributed by atoms with Gasteiger partial charge in [-0.25, -0.2) is 4.79 Å². The largest absolute Gasteiger partial charge is 0.480 e. The van der Waals surface area contributed by atoms with Gasteiger partial charge in [0.25, 0.3) is 0 Å². The second-order valence-electron chi connectivity index (χ2n) is 13.0. The molecule has 3 aliphatic rings. The molecule has 0 aromatic heterocycles. The predicted octanol–water partition coefficient (Wildman–Crippen LogP) is 6.64. The van der Waals surface area contributed by atoms with Crippen LogP contribution in [0, 0.1) is 11.8 Å². The molecule has 2 aromatic carbocycles. The number of carboxylic acids is 1. The third-order valence-corrected chi connectivity index (χ3v) is 10.1. The van der Waals surface area contributed by atoms with E-state index in [0.29, 0.717) is 18.4 Å². The molecule has 0 unspecified atom stereocenters. The first-order valence-corrected chi connectivity index (χ1v) is 16.7. The number of aliphatic carboxylic acids is 1. The highest BCUT2D eigenvalue weighted by molar-refractivity contribution is 5.74. The standard InChI is InChI=1S/C36H51N3O4/c1-2-3-21-39(36(42)43-27-28-13-7-4-8-14-28)32-19-22-37(23-20-32)24-31-25-38(26-33(31)29-15-9-5-10-16-29)34(35(40)41)30-17-11-6-12-18-30/h4-5,7-10,13-16,30-34H,2-3,6,11-12,17-27H2,1H3,(H,40,41)/t31-,33+,34+/m0/s1. The van der Waals surface area contributed by atoms with Crippen LogP contribution < -0.4 is 0 Å². The Morgan fingerprint density at radius 1 is 0.930 bits per heavy atom. The Bertz CT molecular complexity index is 1130. The number of amides is 1. The molecular formula is C36H51N3O4. The van der Waals surface area contributed by atoms with Crippen molar-refractivity contribution in [2.45, 2.75) is 89.3 Å². The SMILES string of the molecule is CCCCN(C(=O)OCc1ccccc1)C1CCN(C[C@H]2CN([C@@H](C(=O)O)C3CCCCC3)C[C@@H]2c2ccccc2)CC1. The zero-order chi connectivity index (χ0) is 30.0. The molecule has 1 saturated carbocycles. The molecule has 3 atom stereocenters. The summed E-state index contributed by atoms with van der Waals surface area (Å²) in [4.78, 5) is 32.6. The molecular weight excluding hydrogens is 538 g/mol. The van der Waals surface area contributed by atoms with Crippen molar-refractivity contribution in [3.8, 4) is 0 Å². The highest BCUT2D eigenvalue weighted by Crippen LogP contribution is 2.38. The molecule has 1 amide bonds. The number of ether oxygens (including phenoxy) is 1. The van der Waals surface area contributed by atoms with E-state index in [1.54, 1.807) is 0 Å². The lowest BCUT2D eigenvalue weighted by Crippen LogP contribution is -2.49. The lowest BCUT2D eigenvalue weighted by molar-refractivity contribution is -0.145. The average Bonchev–Trinajstić information content (AvgIpc) is 3.45. The van der Waals surface area contributed by atoms with Crippen LogP contribution in [0.1, 0.15) is 81.8 Å². The Morgan fingerprint density at radius 2 is 1.60 bits per heavy atom. The van der Waals surface area contributed by atoms with Crippen LogP contribution in [0.3, 0.4) is 0 Å². The highest BCUT2D eigenvalue weighted by Gasteiger charge is 2.43. The number of carbonyl (C=O) groups is 2. The summed E-state index contributed by atoms with van der Waals surface area (Å²) in [6.07, 6.45) is 9.29. The molecule has 2 heterocycles. The fraction of sp³-hybridized carbons (Fsp3) is 0.611. The molecule has 0 radical (unpaired) electrons. The molecule has 3 fully saturated rings. The van der Waals surface area contributed by atoms with Gasteiger partial charge < -0.3 is 19.6 Å². The Kier molecular flexibility index (Phi) is 11.5. The minimum atomic E-state index is -0.647. The topological polar surface area (TPSA) is 73.3 Å². The van der Waals surface area contributed by atoms with Crippen LogP contribution in [-0.2, 0) is 16.1 Å². The molecule has 0 bridgehead atoms. The number of unbranched alkanes of at least 4 members (excludes halogenated alkanes) is 1. The Morgan fingerprint density at radius 3 is 2.26 bits per heavy atom. The summed E-state index contributed by atoms with van der Waals surface area (Å²) in [6, 6.07) is 20.4. The van der Waals surface area contributed by atoms with Gasteiger partial charge in [0.05, 0.1) is 0 Å². The minimum Gasteiger partial charge on any atom is -0.480 e. The summed E-state index contributed by atoms with van der Waals surface area (Å²) >= 11 is 0. The van der Waals surface area contributed by atoms with Gasteiger partial charge in [0, 0.05) is 51.2 Å². The van der Waals surface area contributed by atoms with E-state index in [1.165, 1.54) is 12.0 Å². The molecule has 1 N–H and O–H groups in total. The fourth-order valence-corrected chi connectivity index (χ4v) is 7.80. The minimum absolute atomic E-state index is 0.193. The van der Waals surface area contributed by atoms with Crippen LogP contribution in [0.25, 0.3) is 0 Å². The summed E-state index contributed by atoms with van der Waals surface area (Å²) in [6.45, 7) is 7.71. The summed E-state index contributed by atoms with van der Waals surface area (Å²) in [5.74, 6) is 0.328. The summed E-state index contributed by atoms with van der Waals surface area (Å²) < 4.78 is 5.76. The van der Waals surface area contributed by atoms with Crippen LogP contribution in [0.15, 0.2) is 60.7 Å². The summed E-state index contributed by atoms with van der Waals surface area (Å²) in [7, 11) is 0. The number of rotatable bonds is 12. The smallest absolute Gasteiger partial charge is 0.410 e. The number of hydrogen-bond donors (Lipinski definition) is 1. The van der Waals surface area contributed by atoms with Gasteiger partial charge in [0.15, 0.2) is 0 Å². The lowest BCUT2D eigenvalue weighted by atomic mass is 9.83. The van der Waals surface area contributed by atoms with Crippen molar-refractivity contribution in [1.82, 2.24) is 14.7 Å². The predicted molar refractivity (Wildman–Crippen MR) is 170 cm³/mol. The van der Waals surface area contributed by atoms with Crippen LogP contribution >= 0.6 is 0 Å². The number of benzene rings is 2. The first-order valence-electron chi connectivity index (χ1n) is 16.7. The lowest BCUT2D eigenvalue weighted by Gasteiger charge is -2.39. The maximum Gasteiger partial charge on any atom is 0.410 e. The molecule has 234 valence electrons. The van der Waals surface area contributed by atoms with E-state index >= 15 is 0 Å². The molecule has 43 heavy (non-hydrogen) atoms. The van der Waals surface area contributed by atoms with Gasteiger partial charge in [-0.3, -0.25) is 9.69 Å². The Balaban J connectivity index is 1.21. The summed E-state index contributed by atoms with van der Waals surface area (Å²) in [5, 5.41) is 10.3. The van der Waals surface area contributed by atoms with Crippen molar-refractivity contribution in [2.24, 2.45) is 11.8 Å².